The molecule has 0 atom stereocenters. The van der Waals surface area contributed by atoms with Crippen molar-refractivity contribution >= 4 is 39.0 Å². The van der Waals surface area contributed by atoms with Gasteiger partial charge < -0.3 is 22.5 Å². The van der Waals surface area contributed by atoms with Gasteiger partial charge in [-0.1, -0.05) is 30.3 Å². The van der Waals surface area contributed by atoms with Crippen molar-refractivity contribution in [3.05, 3.63) is 40.8 Å². The van der Waals surface area contributed by atoms with Crippen LogP contribution < -0.4 is 22.5 Å². The maximum absolute atomic E-state index is 12.3. The minimum absolute atomic E-state index is 0.115. The van der Waals surface area contributed by atoms with E-state index in [4.69, 9.17) is 17.2 Å². The Kier molecular flexibility index (Phi) is 4.52. The van der Waals surface area contributed by atoms with Gasteiger partial charge in [-0.25, -0.2) is 4.98 Å². The number of nitrogen functional groups attached to an aromatic ring is 2. The zero-order valence-corrected chi connectivity index (χ0v) is 14.1. The van der Waals surface area contributed by atoms with Crippen molar-refractivity contribution in [3.63, 3.8) is 0 Å². The van der Waals surface area contributed by atoms with E-state index in [1.165, 1.54) is 0 Å². The zero-order valence-electron chi connectivity index (χ0n) is 13.2. The van der Waals surface area contributed by atoms with Crippen molar-refractivity contribution in [1.29, 1.82) is 5.26 Å². The van der Waals surface area contributed by atoms with Gasteiger partial charge in [-0.05, 0) is 5.56 Å². The molecule has 7 nitrogen and oxygen atoms in total. The normalized spacial score (nSPS) is 10.6. The number of benzene rings is 1. The Labute approximate surface area is 148 Å². The van der Waals surface area contributed by atoms with E-state index in [0.29, 0.717) is 33.7 Å². The van der Waals surface area contributed by atoms with Crippen LogP contribution in [0.3, 0.4) is 0 Å². The summed E-state index contributed by atoms with van der Waals surface area (Å²) in [5.74, 6) is -0.203. The standard InChI is InChI=1S/C17H16N6OS/c18-6-7-22-16(24)14-13(20)12-11(9-4-2-1-3-5-9)10(8-19)15(21)23-17(12)25-14/h1-5H,6-7,18,20H2,(H2,21,23)(H,22,24). The second-order valence-electron chi connectivity index (χ2n) is 5.29. The van der Waals surface area contributed by atoms with E-state index in [9.17, 15) is 10.1 Å². The molecule has 126 valence electrons. The van der Waals surface area contributed by atoms with Crippen molar-refractivity contribution in [3.8, 4) is 17.2 Å². The lowest BCUT2D eigenvalue weighted by Crippen LogP contribution is -2.28. The lowest BCUT2D eigenvalue weighted by Gasteiger charge is -2.09. The van der Waals surface area contributed by atoms with Crippen LogP contribution >= 0.6 is 11.3 Å². The quantitative estimate of drug-likeness (QED) is 0.562. The first kappa shape index (κ1) is 16.7. The lowest BCUT2D eigenvalue weighted by atomic mass is 9.97. The van der Waals surface area contributed by atoms with E-state index >= 15 is 0 Å². The van der Waals surface area contributed by atoms with Crippen molar-refractivity contribution in [2.75, 3.05) is 24.6 Å². The molecule has 1 aromatic carbocycles. The fourth-order valence-corrected chi connectivity index (χ4v) is 3.64. The predicted octanol–water partition coefficient (Wildman–Crippen LogP) is 1.69. The van der Waals surface area contributed by atoms with Gasteiger partial charge in [0.05, 0.1) is 5.69 Å². The second-order valence-corrected chi connectivity index (χ2v) is 6.29. The van der Waals surface area contributed by atoms with Crippen molar-refractivity contribution in [2.45, 2.75) is 0 Å². The highest BCUT2D eigenvalue weighted by Gasteiger charge is 2.23. The van der Waals surface area contributed by atoms with Crippen LogP contribution in [0.25, 0.3) is 21.3 Å². The molecule has 2 heterocycles. The third-order valence-electron chi connectivity index (χ3n) is 3.72. The summed E-state index contributed by atoms with van der Waals surface area (Å²) in [6.45, 7) is 0.673. The number of rotatable bonds is 4. The Hall–Kier alpha value is -3.15. The number of thiophene rings is 1. The average Bonchev–Trinajstić information content (AvgIpc) is 2.95. The molecule has 0 aliphatic heterocycles. The summed E-state index contributed by atoms with van der Waals surface area (Å²) < 4.78 is 0. The Balaban J connectivity index is 2.31. The van der Waals surface area contributed by atoms with Crippen LogP contribution in [0, 0.1) is 11.3 Å². The molecule has 3 rings (SSSR count). The molecule has 7 N–H and O–H groups in total. The number of fused-ring (bicyclic) bond motifs is 1. The van der Waals surface area contributed by atoms with Gasteiger partial charge >= 0.3 is 0 Å². The van der Waals surface area contributed by atoms with E-state index < -0.39 is 0 Å². The monoisotopic (exact) mass is 352 g/mol. The summed E-state index contributed by atoms with van der Waals surface area (Å²) in [5.41, 5.74) is 19.6. The van der Waals surface area contributed by atoms with Crippen LogP contribution in [0.2, 0.25) is 0 Å². The van der Waals surface area contributed by atoms with Crippen LogP contribution in [-0.2, 0) is 0 Å². The number of amides is 1. The largest absolute Gasteiger partial charge is 0.397 e. The number of nitrogens with zero attached hydrogens (tertiary/aromatic N) is 2. The van der Waals surface area contributed by atoms with Gasteiger partial charge in [0, 0.05) is 24.0 Å². The Morgan fingerprint density at radius 2 is 2.00 bits per heavy atom. The number of hydrogen-bond acceptors (Lipinski definition) is 7. The van der Waals surface area contributed by atoms with Gasteiger partial charge in [0.2, 0.25) is 0 Å². The van der Waals surface area contributed by atoms with Gasteiger partial charge in [0.15, 0.2) is 0 Å². The van der Waals surface area contributed by atoms with E-state index in [2.05, 4.69) is 16.4 Å². The molecule has 1 amide bonds. The molecule has 0 aliphatic carbocycles. The van der Waals surface area contributed by atoms with Gasteiger partial charge in [-0.3, -0.25) is 4.79 Å². The molecule has 0 saturated heterocycles. The van der Waals surface area contributed by atoms with Crippen molar-refractivity contribution < 1.29 is 4.79 Å². The number of carbonyl (C=O) groups excluding carboxylic acids is 1. The number of nitrogens with one attached hydrogen (secondary N) is 1. The first-order valence-electron chi connectivity index (χ1n) is 7.53. The summed E-state index contributed by atoms with van der Waals surface area (Å²) in [5, 5.41) is 12.8. The van der Waals surface area contributed by atoms with E-state index in [0.717, 1.165) is 16.9 Å². The summed E-state index contributed by atoms with van der Waals surface area (Å²) >= 11 is 1.15. The van der Waals surface area contributed by atoms with Crippen LogP contribution in [0.1, 0.15) is 15.2 Å². The highest BCUT2D eigenvalue weighted by Crippen LogP contribution is 2.42. The molecule has 2 aromatic heterocycles. The Bertz CT molecular complexity index is 990. The van der Waals surface area contributed by atoms with Gasteiger partial charge in [0.25, 0.3) is 5.91 Å². The smallest absolute Gasteiger partial charge is 0.263 e. The number of nitrogens with two attached hydrogens (primary N) is 3. The molecule has 8 heteroatoms. The summed E-state index contributed by atoms with van der Waals surface area (Å²) in [7, 11) is 0. The molecule has 3 aromatic rings. The molecule has 0 aliphatic rings. The van der Waals surface area contributed by atoms with Gasteiger partial charge in [-0.15, -0.1) is 11.3 Å². The number of hydrogen-bond donors (Lipinski definition) is 4. The topological polar surface area (TPSA) is 144 Å². The second kappa shape index (κ2) is 6.76. The number of anilines is 2. The van der Waals surface area contributed by atoms with E-state index in [1.807, 2.05) is 30.3 Å². The summed E-state index contributed by atoms with van der Waals surface area (Å²) in [6.07, 6.45) is 0. The molecule has 0 radical (unpaired) electrons. The third kappa shape index (κ3) is 2.87. The fourth-order valence-electron chi connectivity index (χ4n) is 2.61. The average molecular weight is 352 g/mol. The van der Waals surface area contributed by atoms with Crippen LogP contribution in [0.4, 0.5) is 11.5 Å². The zero-order chi connectivity index (χ0) is 18.0. The van der Waals surface area contributed by atoms with Crippen LogP contribution in [-0.4, -0.2) is 24.0 Å². The molecule has 0 bridgehead atoms. The maximum Gasteiger partial charge on any atom is 0.263 e. The first-order valence-corrected chi connectivity index (χ1v) is 8.35. The molecular formula is C17H16N6OS. The third-order valence-corrected chi connectivity index (χ3v) is 4.81. The predicted molar refractivity (Wildman–Crippen MR) is 100.0 cm³/mol. The number of aromatic nitrogens is 1. The van der Waals surface area contributed by atoms with Crippen molar-refractivity contribution in [2.24, 2.45) is 5.73 Å². The minimum atomic E-state index is -0.318. The SMILES string of the molecule is N#Cc1c(N)nc2sc(C(=O)NCCN)c(N)c2c1-c1ccccc1. The molecule has 25 heavy (non-hydrogen) atoms. The van der Waals surface area contributed by atoms with E-state index in [-0.39, 0.29) is 23.0 Å². The molecule has 0 spiro atoms. The first-order chi connectivity index (χ1) is 12.1. The van der Waals surface area contributed by atoms with E-state index in [1.54, 1.807) is 0 Å². The lowest BCUT2D eigenvalue weighted by molar-refractivity contribution is 0.0959. The summed E-state index contributed by atoms with van der Waals surface area (Å²) in [6, 6.07) is 11.4. The highest BCUT2D eigenvalue weighted by molar-refractivity contribution is 7.21. The van der Waals surface area contributed by atoms with Gasteiger partial charge in [0.1, 0.15) is 27.2 Å². The Morgan fingerprint density at radius 1 is 1.28 bits per heavy atom. The van der Waals surface area contributed by atoms with Crippen molar-refractivity contribution in [1.82, 2.24) is 10.3 Å². The number of nitriles is 1. The molecule has 0 saturated carbocycles. The fraction of sp³-hybridized carbons (Fsp3) is 0.118. The van der Waals surface area contributed by atoms with Crippen LogP contribution in [0.5, 0.6) is 0 Å². The van der Waals surface area contributed by atoms with Crippen LogP contribution in [0.15, 0.2) is 30.3 Å². The Morgan fingerprint density at radius 3 is 2.64 bits per heavy atom. The minimum Gasteiger partial charge on any atom is -0.397 e. The maximum atomic E-state index is 12.3. The highest BCUT2D eigenvalue weighted by atomic mass is 32.1. The number of carbonyl (C=O) groups is 1. The number of pyridine rings is 1. The molecule has 0 unspecified atom stereocenters. The molecular weight excluding hydrogens is 336 g/mol. The summed E-state index contributed by atoms with van der Waals surface area (Å²) in [4.78, 5) is 17.4. The molecule has 0 fully saturated rings. The van der Waals surface area contributed by atoms with Gasteiger partial charge in [-0.2, -0.15) is 5.26 Å².